The van der Waals surface area contributed by atoms with Crippen molar-refractivity contribution in [3.63, 3.8) is 0 Å². The molecule has 2 N–H and O–H groups in total. The number of nitrogens with one attached hydrogen (secondary N) is 1. The quantitative estimate of drug-likeness (QED) is 0.802. The first-order chi connectivity index (χ1) is 10.4. The normalized spacial score (nSPS) is 12.8. The van der Waals surface area contributed by atoms with Crippen molar-refractivity contribution in [3.05, 3.63) is 64.6 Å². The van der Waals surface area contributed by atoms with Gasteiger partial charge in [0.2, 0.25) is 10.0 Å². The highest BCUT2D eigenvalue weighted by Gasteiger charge is 2.23. The molecule has 2 rings (SSSR count). The topological polar surface area (TPSA) is 83.5 Å². The number of benzene rings is 2. The van der Waals surface area contributed by atoms with Crippen LogP contribution in [0.2, 0.25) is 0 Å². The second-order valence-corrected chi connectivity index (χ2v) is 7.27. The lowest BCUT2D eigenvalue weighted by Crippen LogP contribution is -2.30. The highest BCUT2D eigenvalue weighted by atomic mass is 79.9. The van der Waals surface area contributed by atoms with E-state index in [1.165, 1.54) is 12.1 Å². The average Bonchev–Trinajstić information content (AvgIpc) is 2.47. The summed E-state index contributed by atoms with van der Waals surface area (Å²) in [6.07, 6.45) is -0.334. The van der Waals surface area contributed by atoms with Gasteiger partial charge in [-0.25, -0.2) is 13.1 Å². The first-order valence-electron chi connectivity index (χ1n) is 6.43. The summed E-state index contributed by atoms with van der Waals surface area (Å²) in [5.41, 5.74) is 0.602. The SMILES string of the molecule is O=C(O)C[C@@H](NS(=O)(=O)c1ccc(Br)cc1)c1ccccc1. The third kappa shape index (κ3) is 4.40. The van der Waals surface area contributed by atoms with E-state index in [9.17, 15) is 13.2 Å². The molecule has 0 aliphatic carbocycles. The third-order valence-corrected chi connectivity index (χ3v) is 5.02. The smallest absolute Gasteiger partial charge is 0.305 e. The number of rotatable bonds is 6. The van der Waals surface area contributed by atoms with Crippen LogP contribution in [-0.2, 0) is 14.8 Å². The second kappa shape index (κ2) is 7.04. The molecule has 0 heterocycles. The van der Waals surface area contributed by atoms with Crippen LogP contribution in [0, 0.1) is 0 Å². The average molecular weight is 384 g/mol. The fourth-order valence-electron chi connectivity index (χ4n) is 1.96. The minimum absolute atomic E-state index is 0.0852. The first-order valence-corrected chi connectivity index (χ1v) is 8.71. The van der Waals surface area contributed by atoms with Crippen LogP contribution in [-0.4, -0.2) is 19.5 Å². The molecule has 0 aromatic heterocycles. The zero-order valence-corrected chi connectivity index (χ0v) is 13.8. The zero-order chi connectivity index (χ0) is 16.2. The molecule has 1 atom stereocenters. The predicted octanol–water partition coefficient (Wildman–Crippen LogP) is 2.94. The monoisotopic (exact) mass is 383 g/mol. The van der Waals surface area contributed by atoms with Gasteiger partial charge in [-0.05, 0) is 29.8 Å². The Kier molecular flexibility index (Phi) is 5.33. The molecule has 2 aromatic carbocycles. The van der Waals surface area contributed by atoms with Crippen LogP contribution in [0.4, 0.5) is 0 Å². The summed E-state index contributed by atoms with van der Waals surface area (Å²) in [7, 11) is -3.80. The number of carboxylic acid groups (broad SMARTS) is 1. The summed E-state index contributed by atoms with van der Waals surface area (Å²) < 4.78 is 28.0. The Bertz CT molecular complexity index is 745. The van der Waals surface area contributed by atoms with E-state index in [2.05, 4.69) is 20.7 Å². The van der Waals surface area contributed by atoms with Crippen molar-refractivity contribution < 1.29 is 18.3 Å². The van der Waals surface area contributed by atoms with Gasteiger partial charge in [-0.2, -0.15) is 0 Å². The summed E-state index contributed by atoms with van der Waals surface area (Å²) in [6, 6.07) is 13.9. The van der Waals surface area contributed by atoms with Crippen molar-refractivity contribution in [1.82, 2.24) is 4.72 Å². The second-order valence-electron chi connectivity index (χ2n) is 4.64. The van der Waals surface area contributed by atoms with E-state index in [4.69, 9.17) is 5.11 Å². The Hall–Kier alpha value is -1.70. The van der Waals surface area contributed by atoms with Gasteiger partial charge in [0.05, 0.1) is 17.4 Å². The third-order valence-electron chi connectivity index (χ3n) is 3.00. The molecule has 0 aliphatic heterocycles. The molecule has 0 fully saturated rings. The van der Waals surface area contributed by atoms with Crippen LogP contribution in [0.5, 0.6) is 0 Å². The van der Waals surface area contributed by atoms with Crippen LogP contribution < -0.4 is 4.72 Å². The van der Waals surface area contributed by atoms with Gasteiger partial charge < -0.3 is 5.11 Å². The molecule has 5 nitrogen and oxygen atoms in total. The molecule has 22 heavy (non-hydrogen) atoms. The van der Waals surface area contributed by atoms with Gasteiger partial charge in [0.25, 0.3) is 0 Å². The maximum atomic E-state index is 12.4. The number of aliphatic carboxylic acids is 1. The van der Waals surface area contributed by atoms with E-state index in [1.54, 1.807) is 42.5 Å². The maximum Gasteiger partial charge on any atom is 0.305 e. The van der Waals surface area contributed by atoms with Crippen molar-refractivity contribution in [3.8, 4) is 0 Å². The molecule has 0 radical (unpaired) electrons. The molecule has 116 valence electrons. The standard InChI is InChI=1S/C15H14BrNO4S/c16-12-6-8-13(9-7-12)22(20,21)17-14(10-15(18)19)11-4-2-1-3-5-11/h1-9,14,17H,10H2,(H,18,19)/t14-/m1/s1. The number of carboxylic acids is 1. The Morgan fingerprint density at radius 3 is 2.23 bits per heavy atom. The van der Waals surface area contributed by atoms with Gasteiger partial charge in [0.1, 0.15) is 0 Å². The molecule has 0 saturated heterocycles. The van der Waals surface area contributed by atoms with Crippen LogP contribution in [0.15, 0.2) is 64.0 Å². The minimum atomic E-state index is -3.80. The maximum absolute atomic E-state index is 12.4. The summed E-state index contributed by atoms with van der Waals surface area (Å²) in [5, 5.41) is 9.01. The van der Waals surface area contributed by atoms with Crippen molar-refractivity contribution in [2.24, 2.45) is 0 Å². The Balaban J connectivity index is 2.30. The van der Waals surface area contributed by atoms with E-state index >= 15 is 0 Å². The number of carbonyl (C=O) groups is 1. The van der Waals surface area contributed by atoms with Crippen molar-refractivity contribution in [1.29, 1.82) is 0 Å². The molecule has 2 aromatic rings. The summed E-state index contributed by atoms with van der Waals surface area (Å²) >= 11 is 3.24. The van der Waals surface area contributed by atoms with Crippen molar-refractivity contribution in [2.45, 2.75) is 17.4 Å². The molecule has 0 saturated carbocycles. The molecular formula is C15H14BrNO4S. The van der Waals surface area contributed by atoms with Gasteiger partial charge in [0, 0.05) is 4.47 Å². The summed E-state index contributed by atoms with van der Waals surface area (Å²) in [6.45, 7) is 0. The molecule has 0 unspecified atom stereocenters. The Morgan fingerprint density at radius 1 is 1.09 bits per heavy atom. The van der Waals surface area contributed by atoms with Crippen molar-refractivity contribution >= 4 is 31.9 Å². The number of halogens is 1. The Morgan fingerprint density at radius 2 is 1.68 bits per heavy atom. The lowest BCUT2D eigenvalue weighted by atomic mass is 10.1. The van der Waals surface area contributed by atoms with Gasteiger partial charge in [-0.3, -0.25) is 4.79 Å². The van der Waals surface area contributed by atoms with Crippen LogP contribution in [0.3, 0.4) is 0 Å². The number of sulfonamides is 1. The van der Waals surface area contributed by atoms with Crippen LogP contribution in [0.25, 0.3) is 0 Å². The highest BCUT2D eigenvalue weighted by Crippen LogP contribution is 2.21. The number of hydrogen-bond acceptors (Lipinski definition) is 3. The van der Waals surface area contributed by atoms with Gasteiger partial charge in [0.15, 0.2) is 0 Å². The summed E-state index contributed by atoms with van der Waals surface area (Å²) in [4.78, 5) is 11.1. The van der Waals surface area contributed by atoms with E-state index in [-0.39, 0.29) is 11.3 Å². The molecule has 0 bridgehead atoms. The fraction of sp³-hybridized carbons (Fsp3) is 0.133. The van der Waals surface area contributed by atoms with E-state index in [0.29, 0.717) is 5.56 Å². The van der Waals surface area contributed by atoms with Crippen molar-refractivity contribution in [2.75, 3.05) is 0 Å². The highest BCUT2D eigenvalue weighted by molar-refractivity contribution is 9.10. The molecule has 7 heteroatoms. The van der Waals surface area contributed by atoms with Crippen LogP contribution in [0.1, 0.15) is 18.0 Å². The molecular weight excluding hydrogens is 370 g/mol. The zero-order valence-electron chi connectivity index (χ0n) is 11.4. The largest absolute Gasteiger partial charge is 0.481 e. The van der Waals surface area contributed by atoms with E-state index in [0.717, 1.165) is 4.47 Å². The fourth-order valence-corrected chi connectivity index (χ4v) is 3.45. The lowest BCUT2D eigenvalue weighted by Gasteiger charge is -2.17. The molecule has 0 spiro atoms. The summed E-state index contributed by atoms with van der Waals surface area (Å²) in [5.74, 6) is -1.08. The number of hydrogen-bond donors (Lipinski definition) is 2. The molecule has 0 aliphatic rings. The van der Waals surface area contributed by atoms with E-state index in [1.807, 2.05) is 0 Å². The minimum Gasteiger partial charge on any atom is -0.481 e. The Labute approximate surface area is 137 Å². The van der Waals surface area contributed by atoms with Gasteiger partial charge >= 0.3 is 5.97 Å². The van der Waals surface area contributed by atoms with Gasteiger partial charge in [-0.15, -0.1) is 0 Å². The molecule has 0 amide bonds. The predicted molar refractivity (Wildman–Crippen MR) is 85.9 cm³/mol. The van der Waals surface area contributed by atoms with E-state index < -0.39 is 22.0 Å². The lowest BCUT2D eigenvalue weighted by molar-refractivity contribution is -0.137. The van der Waals surface area contributed by atoms with Gasteiger partial charge in [-0.1, -0.05) is 46.3 Å². The first kappa shape index (κ1) is 16.7. The van der Waals surface area contributed by atoms with Crippen LogP contribution >= 0.6 is 15.9 Å².